The van der Waals surface area contributed by atoms with Crippen LogP contribution < -0.4 is 5.32 Å². The molecule has 1 heterocycles. The number of nitrogens with one attached hydrogen (secondary N) is 1. The van der Waals surface area contributed by atoms with Gasteiger partial charge in [0.15, 0.2) is 0 Å². The molecule has 3 rings (SSSR count). The molecule has 0 bridgehead atoms. The Bertz CT molecular complexity index is 990. The fourth-order valence-corrected chi connectivity index (χ4v) is 3.38. The highest BCUT2D eigenvalue weighted by Crippen LogP contribution is 2.28. The standard InChI is InChI=1S/C22H25N3O3/c1-24(2)20(18-14-25(3)19-8-6-5-7-17(18)19)13-23-21(26)15-9-11-16(12-10-15)22(27)28-4/h5-12,14,20H,13H2,1-4H3,(H,23,26)/t20-/m0/s1. The van der Waals surface area contributed by atoms with Crippen molar-refractivity contribution in [3.8, 4) is 0 Å². The normalized spacial score (nSPS) is 12.2. The lowest BCUT2D eigenvalue weighted by Gasteiger charge is -2.24. The molecule has 6 heteroatoms. The smallest absolute Gasteiger partial charge is 0.337 e. The number of carbonyl (C=O) groups excluding carboxylic acids is 2. The monoisotopic (exact) mass is 379 g/mol. The van der Waals surface area contributed by atoms with E-state index in [1.807, 2.05) is 33.3 Å². The summed E-state index contributed by atoms with van der Waals surface area (Å²) >= 11 is 0. The Balaban J connectivity index is 1.76. The van der Waals surface area contributed by atoms with Gasteiger partial charge in [-0.15, -0.1) is 0 Å². The van der Waals surface area contributed by atoms with Gasteiger partial charge in [-0.1, -0.05) is 18.2 Å². The molecule has 0 aliphatic carbocycles. The summed E-state index contributed by atoms with van der Waals surface area (Å²) in [6.45, 7) is 0.471. The predicted octanol–water partition coefficient (Wildman–Crippen LogP) is 3.00. The van der Waals surface area contributed by atoms with E-state index >= 15 is 0 Å². The van der Waals surface area contributed by atoms with E-state index in [2.05, 4.69) is 37.9 Å². The van der Waals surface area contributed by atoms with Crippen LogP contribution in [0.2, 0.25) is 0 Å². The lowest BCUT2D eigenvalue weighted by atomic mass is 10.0. The van der Waals surface area contributed by atoms with Gasteiger partial charge in [0, 0.05) is 36.3 Å². The first-order chi connectivity index (χ1) is 13.4. The molecule has 28 heavy (non-hydrogen) atoms. The number of para-hydroxylation sites is 1. The highest BCUT2D eigenvalue weighted by atomic mass is 16.5. The van der Waals surface area contributed by atoms with Crippen LogP contribution in [0.5, 0.6) is 0 Å². The minimum absolute atomic E-state index is 0.0318. The highest BCUT2D eigenvalue weighted by Gasteiger charge is 2.20. The summed E-state index contributed by atoms with van der Waals surface area (Å²) < 4.78 is 6.79. The number of fused-ring (bicyclic) bond motifs is 1. The number of hydrogen-bond acceptors (Lipinski definition) is 4. The number of benzene rings is 2. The van der Waals surface area contributed by atoms with Crippen molar-refractivity contribution in [1.82, 2.24) is 14.8 Å². The maximum Gasteiger partial charge on any atom is 0.337 e. The van der Waals surface area contributed by atoms with Crippen LogP contribution in [-0.4, -0.2) is 49.1 Å². The maximum absolute atomic E-state index is 12.6. The number of likely N-dealkylation sites (N-methyl/N-ethyl adjacent to an activating group) is 1. The zero-order valence-electron chi connectivity index (χ0n) is 16.6. The van der Waals surface area contributed by atoms with E-state index in [9.17, 15) is 9.59 Å². The second kappa shape index (κ2) is 8.27. The number of esters is 1. The molecule has 6 nitrogen and oxygen atoms in total. The second-order valence-corrected chi connectivity index (χ2v) is 6.97. The average Bonchev–Trinajstić information content (AvgIpc) is 3.04. The van der Waals surface area contributed by atoms with Crippen LogP contribution in [-0.2, 0) is 11.8 Å². The number of hydrogen-bond donors (Lipinski definition) is 1. The van der Waals surface area contributed by atoms with Crippen LogP contribution in [0.1, 0.15) is 32.3 Å². The SMILES string of the molecule is COC(=O)c1ccc(C(=O)NC[C@@H](c2cn(C)c3ccccc23)N(C)C)cc1. The minimum Gasteiger partial charge on any atom is -0.465 e. The summed E-state index contributed by atoms with van der Waals surface area (Å²) in [6.07, 6.45) is 2.12. The Hall–Kier alpha value is -3.12. The summed E-state index contributed by atoms with van der Waals surface area (Å²) in [6, 6.07) is 14.7. The van der Waals surface area contributed by atoms with Crippen molar-refractivity contribution < 1.29 is 14.3 Å². The van der Waals surface area contributed by atoms with Gasteiger partial charge in [-0.05, 0) is 50.0 Å². The molecule has 146 valence electrons. The lowest BCUT2D eigenvalue weighted by molar-refractivity contribution is 0.0600. The third-order valence-electron chi connectivity index (χ3n) is 4.93. The second-order valence-electron chi connectivity index (χ2n) is 6.97. The largest absolute Gasteiger partial charge is 0.465 e. The average molecular weight is 379 g/mol. The Morgan fingerprint density at radius 3 is 2.36 bits per heavy atom. The van der Waals surface area contributed by atoms with E-state index in [0.29, 0.717) is 17.7 Å². The van der Waals surface area contributed by atoms with Crippen molar-refractivity contribution in [3.05, 3.63) is 71.4 Å². The molecule has 1 atom stereocenters. The van der Waals surface area contributed by atoms with Crippen LogP contribution in [0.25, 0.3) is 10.9 Å². The molecule has 0 radical (unpaired) electrons. The van der Waals surface area contributed by atoms with Crippen LogP contribution in [0.4, 0.5) is 0 Å². The quantitative estimate of drug-likeness (QED) is 0.669. The van der Waals surface area contributed by atoms with E-state index in [0.717, 1.165) is 5.52 Å². The predicted molar refractivity (Wildman–Crippen MR) is 109 cm³/mol. The lowest BCUT2D eigenvalue weighted by Crippen LogP contribution is -2.34. The highest BCUT2D eigenvalue weighted by molar-refractivity contribution is 5.96. The Morgan fingerprint density at radius 2 is 1.71 bits per heavy atom. The summed E-state index contributed by atoms with van der Waals surface area (Å²) in [4.78, 5) is 26.2. The molecule has 1 amide bonds. The first kappa shape index (κ1) is 19.6. The van der Waals surface area contributed by atoms with E-state index in [1.165, 1.54) is 18.1 Å². The van der Waals surface area contributed by atoms with Crippen LogP contribution in [0.15, 0.2) is 54.7 Å². The molecular weight excluding hydrogens is 354 g/mol. The molecular formula is C22H25N3O3. The zero-order valence-corrected chi connectivity index (χ0v) is 16.6. The van der Waals surface area contributed by atoms with Crippen molar-refractivity contribution >= 4 is 22.8 Å². The third kappa shape index (κ3) is 3.92. The van der Waals surface area contributed by atoms with E-state index < -0.39 is 5.97 Å². The fourth-order valence-electron chi connectivity index (χ4n) is 3.38. The summed E-state index contributed by atoms with van der Waals surface area (Å²) in [7, 11) is 7.37. The summed E-state index contributed by atoms with van der Waals surface area (Å²) in [5.74, 6) is -0.598. The van der Waals surface area contributed by atoms with Gasteiger partial charge in [-0.3, -0.25) is 4.79 Å². The van der Waals surface area contributed by atoms with Crippen molar-refractivity contribution in [2.45, 2.75) is 6.04 Å². The van der Waals surface area contributed by atoms with Crippen molar-refractivity contribution in [3.63, 3.8) is 0 Å². The number of ether oxygens (including phenoxy) is 1. The number of methoxy groups -OCH3 is 1. The van der Waals surface area contributed by atoms with Crippen molar-refractivity contribution in [1.29, 1.82) is 0 Å². The molecule has 0 aliphatic rings. The first-order valence-electron chi connectivity index (χ1n) is 9.09. The number of aryl methyl sites for hydroxylation is 1. The topological polar surface area (TPSA) is 63.6 Å². The van der Waals surface area contributed by atoms with Gasteiger partial charge in [0.1, 0.15) is 0 Å². The van der Waals surface area contributed by atoms with Gasteiger partial charge in [-0.25, -0.2) is 4.79 Å². The summed E-state index contributed by atoms with van der Waals surface area (Å²) in [5, 5.41) is 4.19. The Kier molecular flexibility index (Phi) is 5.80. The molecule has 0 aliphatic heterocycles. The molecule has 2 aromatic carbocycles. The molecule has 0 fully saturated rings. The molecule has 3 aromatic rings. The van der Waals surface area contributed by atoms with E-state index in [4.69, 9.17) is 0 Å². The molecule has 0 spiro atoms. The van der Waals surface area contributed by atoms with E-state index in [1.54, 1.807) is 24.3 Å². The van der Waals surface area contributed by atoms with Crippen molar-refractivity contribution in [2.24, 2.45) is 7.05 Å². The van der Waals surface area contributed by atoms with Gasteiger partial charge >= 0.3 is 5.97 Å². The first-order valence-corrected chi connectivity index (χ1v) is 9.09. The van der Waals surface area contributed by atoms with Gasteiger partial charge < -0.3 is 19.5 Å². The molecule has 0 saturated heterocycles. The maximum atomic E-state index is 12.6. The number of rotatable bonds is 6. The minimum atomic E-state index is -0.421. The zero-order chi connectivity index (χ0) is 20.3. The van der Waals surface area contributed by atoms with Crippen molar-refractivity contribution in [2.75, 3.05) is 27.7 Å². The van der Waals surface area contributed by atoms with Gasteiger partial charge in [0.05, 0.1) is 18.7 Å². The molecule has 1 aromatic heterocycles. The Morgan fingerprint density at radius 1 is 1.07 bits per heavy atom. The third-order valence-corrected chi connectivity index (χ3v) is 4.93. The number of nitrogens with zero attached hydrogens (tertiary/aromatic N) is 2. The Labute approximate surface area is 164 Å². The number of aromatic nitrogens is 1. The van der Waals surface area contributed by atoms with Gasteiger partial charge in [0.2, 0.25) is 0 Å². The van der Waals surface area contributed by atoms with Crippen LogP contribution >= 0.6 is 0 Å². The molecule has 0 unspecified atom stereocenters. The number of amides is 1. The van der Waals surface area contributed by atoms with Crippen LogP contribution in [0.3, 0.4) is 0 Å². The molecule has 1 N–H and O–H groups in total. The number of carbonyl (C=O) groups is 2. The summed E-state index contributed by atoms with van der Waals surface area (Å²) in [5.41, 5.74) is 3.25. The van der Waals surface area contributed by atoms with Gasteiger partial charge in [-0.2, -0.15) is 0 Å². The van der Waals surface area contributed by atoms with Gasteiger partial charge in [0.25, 0.3) is 5.91 Å². The van der Waals surface area contributed by atoms with Crippen LogP contribution in [0, 0.1) is 0 Å². The fraction of sp³-hybridized carbons (Fsp3) is 0.273. The van der Waals surface area contributed by atoms with E-state index in [-0.39, 0.29) is 11.9 Å². The molecule has 0 saturated carbocycles.